The lowest BCUT2D eigenvalue weighted by molar-refractivity contribution is -0.136. The van der Waals surface area contributed by atoms with Gasteiger partial charge in [-0.1, -0.05) is 6.07 Å². The van der Waals surface area contributed by atoms with Crippen LogP contribution in [0.4, 0.5) is 10.1 Å². The van der Waals surface area contributed by atoms with Gasteiger partial charge in [-0.2, -0.15) is 0 Å². The first-order chi connectivity index (χ1) is 10.9. The van der Waals surface area contributed by atoms with Gasteiger partial charge in [-0.05, 0) is 24.6 Å². The summed E-state index contributed by atoms with van der Waals surface area (Å²) in [6, 6.07) is 3.91. The molecule has 1 aromatic carbocycles. The molecule has 0 spiro atoms. The maximum atomic E-state index is 13.8. The van der Waals surface area contributed by atoms with Crippen LogP contribution < -0.4 is 5.32 Å². The number of carbonyl (C=O) groups is 2. The molecule has 0 bridgehead atoms. The molecule has 122 valence electrons. The van der Waals surface area contributed by atoms with E-state index >= 15 is 0 Å². The minimum Gasteiger partial charge on any atom is -0.481 e. The minimum absolute atomic E-state index is 0.0619. The SMILES string of the molecule is COCc1nc(C)c(C(=O)Nc2ccc(CC(=O)O)c(F)c2)s1. The Hall–Kier alpha value is -2.32. The highest BCUT2D eigenvalue weighted by Crippen LogP contribution is 2.21. The average molecular weight is 338 g/mol. The topological polar surface area (TPSA) is 88.5 Å². The first-order valence-corrected chi connectivity index (χ1v) is 7.49. The molecule has 0 aliphatic heterocycles. The molecule has 0 fully saturated rings. The smallest absolute Gasteiger partial charge is 0.307 e. The van der Waals surface area contributed by atoms with Gasteiger partial charge in [0, 0.05) is 12.8 Å². The molecular weight excluding hydrogens is 323 g/mol. The lowest BCUT2D eigenvalue weighted by atomic mass is 10.1. The van der Waals surface area contributed by atoms with E-state index in [1.807, 2.05) is 0 Å². The molecule has 23 heavy (non-hydrogen) atoms. The molecule has 0 saturated carbocycles. The number of anilines is 1. The molecule has 2 rings (SSSR count). The number of hydrogen-bond acceptors (Lipinski definition) is 5. The van der Waals surface area contributed by atoms with Gasteiger partial charge in [-0.15, -0.1) is 11.3 Å². The normalized spacial score (nSPS) is 10.6. The number of carbonyl (C=O) groups excluding carboxylic acids is 1. The zero-order chi connectivity index (χ0) is 17.0. The molecule has 0 radical (unpaired) electrons. The van der Waals surface area contributed by atoms with E-state index in [1.54, 1.807) is 6.92 Å². The van der Waals surface area contributed by atoms with Crippen LogP contribution in [0.3, 0.4) is 0 Å². The van der Waals surface area contributed by atoms with E-state index in [1.165, 1.54) is 30.6 Å². The van der Waals surface area contributed by atoms with Crippen LogP contribution in [0.15, 0.2) is 18.2 Å². The number of hydrogen-bond donors (Lipinski definition) is 2. The maximum Gasteiger partial charge on any atom is 0.307 e. The molecule has 2 N–H and O–H groups in total. The van der Waals surface area contributed by atoms with E-state index in [2.05, 4.69) is 10.3 Å². The van der Waals surface area contributed by atoms with Crippen molar-refractivity contribution in [3.63, 3.8) is 0 Å². The number of rotatable bonds is 6. The van der Waals surface area contributed by atoms with Crippen LogP contribution in [0.1, 0.15) is 25.9 Å². The van der Waals surface area contributed by atoms with Crippen LogP contribution in [0, 0.1) is 12.7 Å². The Morgan fingerprint density at radius 1 is 1.43 bits per heavy atom. The van der Waals surface area contributed by atoms with Gasteiger partial charge in [0.25, 0.3) is 5.91 Å². The van der Waals surface area contributed by atoms with E-state index in [0.717, 1.165) is 6.07 Å². The number of nitrogens with one attached hydrogen (secondary N) is 1. The highest BCUT2D eigenvalue weighted by molar-refractivity contribution is 7.13. The van der Waals surface area contributed by atoms with Crippen LogP contribution in [0.2, 0.25) is 0 Å². The molecular formula is C15H15FN2O4S. The van der Waals surface area contributed by atoms with Crippen molar-refractivity contribution in [2.24, 2.45) is 0 Å². The van der Waals surface area contributed by atoms with E-state index in [-0.39, 0.29) is 11.3 Å². The zero-order valence-corrected chi connectivity index (χ0v) is 13.4. The number of aromatic nitrogens is 1. The quantitative estimate of drug-likeness (QED) is 0.845. The van der Waals surface area contributed by atoms with Gasteiger partial charge in [0.2, 0.25) is 0 Å². The maximum absolute atomic E-state index is 13.8. The van der Waals surface area contributed by atoms with Crippen molar-refractivity contribution in [1.82, 2.24) is 4.98 Å². The van der Waals surface area contributed by atoms with Gasteiger partial charge in [-0.3, -0.25) is 9.59 Å². The highest BCUT2D eigenvalue weighted by atomic mass is 32.1. The summed E-state index contributed by atoms with van der Waals surface area (Å²) in [5.41, 5.74) is 0.886. The number of carboxylic acids is 1. The van der Waals surface area contributed by atoms with E-state index < -0.39 is 24.1 Å². The van der Waals surface area contributed by atoms with Gasteiger partial charge < -0.3 is 15.2 Å². The van der Waals surface area contributed by atoms with Crippen LogP contribution in [0.25, 0.3) is 0 Å². The summed E-state index contributed by atoms with van der Waals surface area (Å²) < 4.78 is 18.8. The molecule has 2 aromatic rings. The van der Waals surface area contributed by atoms with Crippen molar-refractivity contribution in [2.45, 2.75) is 20.0 Å². The third-order valence-electron chi connectivity index (χ3n) is 2.97. The van der Waals surface area contributed by atoms with Crippen molar-refractivity contribution in [3.8, 4) is 0 Å². The summed E-state index contributed by atoms with van der Waals surface area (Å²) >= 11 is 1.21. The summed E-state index contributed by atoms with van der Waals surface area (Å²) in [6.45, 7) is 2.03. The summed E-state index contributed by atoms with van der Waals surface area (Å²) in [5.74, 6) is -2.19. The van der Waals surface area contributed by atoms with Gasteiger partial charge in [0.05, 0.1) is 18.7 Å². The van der Waals surface area contributed by atoms with Gasteiger partial charge in [0.1, 0.15) is 15.7 Å². The third kappa shape index (κ3) is 4.33. The van der Waals surface area contributed by atoms with E-state index in [4.69, 9.17) is 9.84 Å². The Labute approximate surface area is 135 Å². The number of thiazole rings is 1. The molecule has 1 heterocycles. The minimum atomic E-state index is -1.12. The van der Waals surface area contributed by atoms with E-state index in [9.17, 15) is 14.0 Å². The number of halogens is 1. The van der Waals surface area contributed by atoms with Crippen LogP contribution in [-0.2, 0) is 22.6 Å². The zero-order valence-electron chi connectivity index (χ0n) is 12.6. The van der Waals surface area contributed by atoms with Gasteiger partial charge in [0.15, 0.2) is 0 Å². The number of amides is 1. The number of methoxy groups -OCH3 is 1. The lowest BCUT2D eigenvalue weighted by Gasteiger charge is -2.06. The van der Waals surface area contributed by atoms with Crippen LogP contribution in [0.5, 0.6) is 0 Å². The van der Waals surface area contributed by atoms with Crippen molar-refractivity contribution in [1.29, 1.82) is 0 Å². The predicted molar refractivity (Wildman–Crippen MR) is 83.3 cm³/mol. The van der Waals surface area contributed by atoms with Crippen LogP contribution >= 0.6 is 11.3 Å². The summed E-state index contributed by atoms with van der Waals surface area (Å²) in [6.07, 6.45) is -0.408. The average Bonchev–Trinajstić information content (AvgIpc) is 2.83. The second kappa shape index (κ2) is 7.30. The Bertz CT molecular complexity index is 745. The molecule has 0 atom stereocenters. The first-order valence-electron chi connectivity index (χ1n) is 6.67. The number of nitrogens with zero attached hydrogens (tertiary/aromatic N) is 1. The largest absolute Gasteiger partial charge is 0.481 e. The number of carboxylic acid groups (broad SMARTS) is 1. The molecule has 0 aliphatic carbocycles. The standard InChI is InChI=1S/C15H15FN2O4S/c1-8-14(23-12(17-8)7-22-2)15(21)18-10-4-3-9(5-13(19)20)11(16)6-10/h3-4,6H,5,7H2,1-2H3,(H,18,21)(H,19,20). The monoisotopic (exact) mass is 338 g/mol. The second-order valence-electron chi connectivity index (χ2n) is 4.79. The lowest BCUT2D eigenvalue weighted by Crippen LogP contribution is -2.12. The second-order valence-corrected chi connectivity index (χ2v) is 5.87. The molecule has 0 aliphatic rings. The Balaban J connectivity index is 2.14. The molecule has 8 heteroatoms. The molecule has 0 unspecified atom stereocenters. The molecule has 0 saturated heterocycles. The van der Waals surface area contributed by atoms with Crippen molar-refractivity contribution >= 4 is 28.9 Å². The van der Waals surface area contributed by atoms with Crippen molar-refractivity contribution < 1.29 is 23.8 Å². The predicted octanol–water partition coefficient (Wildman–Crippen LogP) is 2.62. The summed E-state index contributed by atoms with van der Waals surface area (Å²) in [7, 11) is 1.54. The van der Waals surface area contributed by atoms with Gasteiger partial charge >= 0.3 is 5.97 Å². The number of benzene rings is 1. The fourth-order valence-corrected chi connectivity index (χ4v) is 2.90. The molecule has 6 nitrogen and oxygen atoms in total. The third-order valence-corrected chi connectivity index (χ3v) is 4.10. The fourth-order valence-electron chi connectivity index (χ4n) is 1.97. The fraction of sp³-hybridized carbons (Fsp3) is 0.267. The Morgan fingerprint density at radius 3 is 2.78 bits per heavy atom. The van der Waals surface area contributed by atoms with Crippen molar-refractivity contribution in [3.05, 3.63) is 45.2 Å². The number of aryl methyl sites for hydroxylation is 1. The van der Waals surface area contributed by atoms with Gasteiger partial charge in [-0.25, -0.2) is 9.37 Å². The van der Waals surface area contributed by atoms with Crippen molar-refractivity contribution in [2.75, 3.05) is 12.4 Å². The van der Waals surface area contributed by atoms with Crippen LogP contribution in [-0.4, -0.2) is 29.1 Å². The molecule has 1 aromatic heterocycles. The Kier molecular flexibility index (Phi) is 5.41. The number of ether oxygens (including phenoxy) is 1. The molecule has 1 amide bonds. The number of aliphatic carboxylic acids is 1. The highest BCUT2D eigenvalue weighted by Gasteiger charge is 2.16. The van der Waals surface area contributed by atoms with E-state index in [0.29, 0.717) is 22.2 Å². The summed E-state index contributed by atoms with van der Waals surface area (Å²) in [5, 5.41) is 11.9. The first kappa shape index (κ1) is 17.0. The summed E-state index contributed by atoms with van der Waals surface area (Å²) in [4.78, 5) is 27.5. The Morgan fingerprint density at radius 2 is 2.17 bits per heavy atom.